The van der Waals surface area contributed by atoms with Crippen molar-refractivity contribution in [1.82, 2.24) is 4.98 Å². The third kappa shape index (κ3) is 3.15. The largest absolute Gasteiger partial charge is 0.462 e. The number of carbonyl (C=O) groups excluding carboxylic acids is 1. The molecule has 4 heteroatoms. The lowest BCUT2D eigenvalue weighted by molar-refractivity contribution is 0.0526. The Bertz CT molecular complexity index is 594. The van der Waals surface area contributed by atoms with Crippen LogP contribution in [0.25, 0.3) is 0 Å². The van der Waals surface area contributed by atoms with E-state index in [1.54, 1.807) is 19.2 Å². The van der Waals surface area contributed by atoms with Crippen LogP contribution in [0.2, 0.25) is 0 Å². The second-order valence-corrected chi connectivity index (χ2v) is 4.52. The normalized spacial score (nSPS) is 10.2. The molecule has 1 heterocycles. The van der Waals surface area contributed by atoms with Crippen LogP contribution in [0.15, 0.2) is 42.6 Å². The quantitative estimate of drug-likeness (QED) is 0.799. The maximum Gasteiger partial charge on any atom is 0.339 e. The van der Waals surface area contributed by atoms with Crippen molar-refractivity contribution in [1.29, 1.82) is 0 Å². The highest BCUT2D eigenvalue weighted by Crippen LogP contribution is 2.22. The number of rotatable bonds is 4. The number of anilines is 2. The van der Waals surface area contributed by atoms with Gasteiger partial charge in [0.15, 0.2) is 0 Å². The lowest BCUT2D eigenvalue weighted by atomic mass is 10.2. The van der Waals surface area contributed by atoms with E-state index in [4.69, 9.17) is 4.74 Å². The van der Waals surface area contributed by atoms with Crippen LogP contribution < -0.4 is 4.90 Å². The summed E-state index contributed by atoms with van der Waals surface area (Å²) < 4.78 is 4.94. The molecule has 0 unspecified atom stereocenters. The van der Waals surface area contributed by atoms with Crippen molar-refractivity contribution in [2.24, 2.45) is 0 Å². The van der Waals surface area contributed by atoms with Gasteiger partial charge in [0.2, 0.25) is 0 Å². The molecule has 0 atom stereocenters. The third-order valence-electron chi connectivity index (χ3n) is 2.99. The van der Waals surface area contributed by atoms with Crippen molar-refractivity contribution >= 4 is 17.5 Å². The van der Waals surface area contributed by atoms with E-state index in [1.165, 1.54) is 5.56 Å². The molecule has 0 aliphatic rings. The Morgan fingerprint density at radius 1 is 1.30 bits per heavy atom. The number of benzene rings is 1. The van der Waals surface area contributed by atoms with Crippen molar-refractivity contribution in [2.45, 2.75) is 13.8 Å². The van der Waals surface area contributed by atoms with Crippen molar-refractivity contribution < 1.29 is 9.53 Å². The molecule has 0 bridgehead atoms. The number of pyridine rings is 1. The number of hydrogen-bond acceptors (Lipinski definition) is 4. The third-order valence-corrected chi connectivity index (χ3v) is 2.99. The first-order valence-electron chi connectivity index (χ1n) is 6.55. The Kier molecular flexibility index (Phi) is 4.35. The first kappa shape index (κ1) is 14.1. The molecule has 0 fully saturated rings. The van der Waals surface area contributed by atoms with Crippen LogP contribution >= 0.6 is 0 Å². The number of aromatic nitrogens is 1. The maximum atomic E-state index is 11.6. The van der Waals surface area contributed by atoms with Gasteiger partial charge in [-0.05, 0) is 43.7 Å². The van der Waals surface area contributed by atoms with Crippen molar-refractivity contribution in [2.75, 3.05) is 18.6 Å². The Morgan fingerprint density at radius 2 is 2.10 bits per heavy atom. The standard InChI is InChI=1S/C16H18N2O2/c1-4-20-16(19)13-8-9-15(17-11-13)18(3)14-7-5-6-12(2)10-14/h5-11H,4H2,1-3H3. The van der Waals surface area contributed by atoms with E-state index in [9.17, 15) is 4.79 Å². The van der Waals surface area contributed by atoms with Crippen molar-refractivity contribution in [3.05, 3.63) is 53.7 Å². The molecule has 1 aromatic heterocycles. The zero-order valence-corrected chi connectivity index (χ0v) is 12.0. The molecule has 2 rings (SSSR count). The Labute approximate surface area is 119 Å². The summed E-state index contributed by atoms with van der Waals surface area (Å²) in [6, 6.07) is 11.7. The zero-order chi connectivity index (χ0) is 14.5. The van der Waals surface area contributed by atoms with Crippen molar-refractivity contribution in [3.8, 4) is 0 Å². The van der Waals surface area contributed by atoms with Gasteiger partial charge in [0.1, 0.15) is 5.82 Å². The molecule has 1 aromatic carbocycles. The molecule has 20 heavy (non-hydrogen) atoms. The van der Waals surface area contributed by atoms with E-state index >= 15 is 0 Å². The summed E-state index contributed by atoms with van der Waals surface area (Å²) in [6.45, 7) is 4.20. The van der Waals surface area contributed by atoms with Crippen LogP contribution in [-0.4, -0.2) is 24.6 Å². The second kappa shape index (κ2) is 6.19. The van der Waals surface area contributed by atoms with Gasteiger partial charge in [-0.3, -0.25) is 0 Å². The maximum absolute atomic E-state index is 11.6. The molecule has 0 spiro atoms. The summed E-state index contributed by atoms with van der Waals surface area (Å²) in [5.41, 5.74) is 2.71. The van der Waals surface area contributed by atoms with Gasteiger partial charge in [-0.25, -0.2) is 9.78 Å². The molecule has 0 N–H and O–H groups in total. The van der Waals surface area contributed by atoms with E-state index < -0.39 is 0 Å². The van der Waals surface area contributed by atoms with Crippen molar-refractivity contribution in [3.63, 3.8) is 0 Å². The summed E-state index contributed by atoms with van der Waals surface area (Å²) in [5, 5.41) is 0. The highest BCUT2D eigenvalue weighted by molar-refractivity contribution is 5.89. The molecular weight excluding hydrogens is 252 g/mol. The molecule has 0 amide bonds. The average molecular weight is 270 g/mol. The molecule has 0 saturated heterocycles. The highest BCUT2D eigenvalue weighted by Gasteiger charge is 2.09. The minimum Gasteiger partial charge on any atom is -0.462 e. The van der Waals surface area contributed by atoms with Gasteiger partial charge < -0.3 is 9.64 Å². The molecule has 2 aromatic rings. The van der Waals surface area contributed by atoms with Gasteiger partial charge in [0.25, 0.3) is 0 Å². The SMILES string of the molecule is CCOC(=O)c1ccc(N(C)c2cccc(C)c2)nc1. The lowest BCUT2D eigenvalue weighted by Gasteiger charge is -2.18. The van der Waals surface area contributed by atoms with Crippen LogP contribution in [0.3, 0.4) is 0 Å². The fourth-order valence-corrected chi connectivity index (χ4v) is 1.89. The van der Waals surface area contributed by atoms with E-state index in [2.05, 4.69) is 24.0 Å². The number of ether oxygens (including phenoxy) is 1. The molecule has 0 saturated carbocycles. The molecule has 0 radical (unpaired) electrons. The van der Waals surface area contributed by atoms with Crippen LogP contribution in [0.5, 0.6) is 0 Å². The Hall–Kier alpha value is -2.36. The monoisotopic (exact) mass is 270 g/mol. The topological polar surface area (TPSA) is 42.4 Å². The predicted octanol–water partition coefficient (Wildman–Crippen LogP) is 3.33. The number of esters is 1. The average Bonchev–Trinajstić information content (AvgIpc) is 2.47. The summed E-state index contributed by atoms with van der Waals surface area (Å²) in [7, 11) is 1.95. The van der Waals surface area contributed by atoms with Gasteiger partial charge in [0.05, 0.1) is 12.2 Å². The molecular formula is C16H18N2O2. The Balaban J connectivity index is 2.19. The summed E-state index contributed by atoms with van der Waals surface area (Å²) in [5.74, 6) is 0.438. The Morgan fingerprint density at radius 3 is 2.70 bits per heavy atom. The van der Waals surface area contributed by atoms with Crippen LogP contribution in [0.1, 0.15) is 22.8 Å². The van der Waals surface area contributed by atoms with Gasteiger partial charge in [-0.1, -0.05) is 12.1 Å². The van der Waals surface area contributed by atoms with E-state index in [-0.39, 0.29) is 5.97 Å². The predicted molar refractivity (Wildman–Crippen MR) is 79.4 cm³/mol. The summed E-state index contributed by atoms with van der Waals surface area (Å²) >= 11 is 0. The van der Waals surface area contributed by atoms with Gasteiger partial charge in [-0.2, -0.15) is 0 Å². The number of nitrogens with zero attached hydrogens (tertiary/aromatic N) is 2. The van der Waals surface area contributed by atoms with Crippen LogP contribution in [0.4, 0.5) is 11.5 Å². The van der Waals surface area contributed by atoms with Crippen LogP contribution in [-0.2, 0) is 4.74 Å². The minimum atomic E-state index is -0.343. The van der Waals surface area contributed by atoms with Gasteiger partial charge >= 0.3 is 5.97 Å². The van der Waals surface area contributed by atoms with E-state index in [0.29, 0.717) is 12.2 Å². The number of hydrogen-bond donors (Lipinski definition) is 0. The molecule has 0 aliphatic carbocycles. The molecule has 4 nitrogen and oxygen atoms in total. The number of aryl methyl sites for hydroxylation is 1. The highest BCUT2D eigenvalue weighted by atomic mass is 16.5. The van der Waals surface area contributed by atoms with Gasteiger partial charge in [-0.15, -0.1) is 0 Å². The zero-order valence-electron chi connectivity index (χ0n) is 12.0. The summed E-state index contributed by atoms with van der Waals surface area (Å²) in [4.78, 5) is 17.9. The molecule has 0 aliphatic heterocycles. The smallest absolute Gasteiger partial charge is 0.339 e. The molecule has 104 valence electrons. The lowest BCUT2D eigenvalue weighted by Crippen LogP contribution is -2.12. The minimum absolute atomic E-state index is 0.343. The van der Waals surface area contributed by atoms with Crippen LogP contribution in [0, 0.1) is 6.92 Å². The van der Waals surface area contributed by atoms with Gasteiger partial charge in [0, 0.05) is 18.9 Å². The first-order chi connectivity index (χ1) is 9.61. The fourth-order valence-electron chi connectivity index (χ4n) is 1.89. The summed E-state index contributed by atoms with van der Waals surface area (Å²) in [6.07, 6.45) is 1.54. The first-order valence-corrected chi connectivity index (χ1v) is 6.55. The van der Waals surface area contributed by atoms with E-state index in [0.717, 1.165) is 11.5 Å². The fraction of sp³-hybridized carbons (Fsp3) is 0.250. The van der Waals surface area contributed by atoms with E-state index in [1.807, 2.05) is 30.1 Å². The number of carbonyl (C=O) groups is 1. The second-order valence-electron chi connectivity index (χ2n) is 4.52.